The number of esters is 1. The lowest BCUT2D eigenvalue weighted by Gasteiger charge is -2.00. The van der Waals surface area contributed by atoms with Gasteiger partial charge in [-0.2, -0.15) is 0 Å². The van der Waals surface area contributed by atoms with Gasteiger partial charge in [0.2, 0.25) is 0 Å². The summed E-state index contributed by atoms with van der Waals surface area (Å²) in [6.45, 7) is -0.101. The Kier molecular flexibility index (Phi) is 6.70. The molecule has 0 aliphatic heterocycles. The van der Waals surface area contributed by atoms with Crippen LogP contribution in [0.3, 0.4) is 0 Å². The molecule has 0 atom stereocenters. The van der Waals surface area contributed by atoms with Crippen molar-refractivity contribution in [2.75, 3.05) is 12.4 Å². The van der Waals surface area contributed by atoms with Gasteiger partial charge in [-0.1, -0.05) is 11.8 Å². The first kappa shape index (κ1) is 19.0. The highest BCUT2D eigenvalue weighted by molar-refractivity contribution is 7.99. The molecule has 0 N–H and O–H groups in total. The summed E-state index contributed by atoms with van der Waals surface area (Å²) in [6, 6.07) is 11.2. The monoisotopic (exact) mass is 372 g/mol. The van der Waals surface area contributed by atoms with Gasteiger partial charge < -0.3 is 4.74 Å². The second-order valence-corrected chi connectivity index (χ2v) is 5.82. The number of nitro groups is 2. The Bertz CT molecular complexity index is 869. The molecule has 0 aliphatic carbocycles. The minimum Gasteiger partial charge on any atom is -0.449 e. The third kappa shape index (κ3) is 5.61. The molecular formula is C17H12N2O6S. The fourth-order valence-electron chi connectivity index (χ4n) is 1.79. The molecule has 8 nitrogen and oxygen atoms in total. The van der Waals surface area contributed by atoms with Gasteiger partial charge in [-0.3, -0.25) is 20.2 Å². The molecule has 0 unspecified atom stereocenters. The number of carbonyl (C=O) groups is 1. The highest BCUT2D eigenvalue weighted by atomic mass is 32.2. The number of nitro benzene ring substituents is 2. The van der Waals surface area contributed by atoms with Gasteiger partial charge in [-0.25, -0.2) is 4.79 Å². The van der Waals surface area contributed by atoms with Crippen LogP contribution in [0.2, 0.25) is 0 Å². The molecule has 0 radical (unpaired) electrons. The average Bonchev–Trinajstić information content (AvgIpc) is 2.64. The van der Waals surface area contributed by atoms with Crippen LogP contribution in [0.25, 0.3) is 0 Å². The maximum Gasteiger partial charge on any atom is 0.339 e. The molecule has 0 aromatic heterocycles. The Hall–Kier alpha value is -3.38. The molecule has 0 fully saturated rings. The first-order valence-electron chi connectivity index (χ1n) is 7.22. The number of carbonyl (C=O) groups excluding carboxylic acids is 1. The van der Waals surface area contributed by atoms with E-state index in [0.717, 1.165) is 4.90 Å². The lowest BCUT2D eigenvalue weighted by Crippen LogP contribution is -2.05. The summed E-state index contributed by atoms with van der Waals surface area (Å²) in [6.07, 6.45) is 0. The molecular weight excluding hydrogens is 360 g/mol. The maximum absolute atomic E-state index is 11.7. The van der Waals surface area contributed by atoms with Crippen molar-refractivity contribution < 1.29 is 19.4 Å². The lowest BCUT2D eigenvalue weighted by atomic mass is 10.2. The van der Waals surface area contributed by atoms with Crippen LogP contribution in [0.15, 0.2) is 53.4 Å². The zero-order chi connectivity index (χ0) is 18.9. The van der Waals surface area contributed by atoms with Crippen LogP contribution in [0, 0.1) is 32.1 Å². The lowest BCUT2D eigenvalue weighted by molar-refractivity contribution is -0.385. The molecule has 0 bridgehead atoms. The van der Waals surface area contributed by atoms with E-state index in [4.69, 9.17) is 4.74 Å². The summed E-state index contributed by atoms with van der Waals surface area (Å²) < 4.78 is 4.96. The predicted octanol–water partition coefficient (Wildman–Crippen LogP) is 3.46. The zero-order valence-electron chi connectivity index (χ0n) is 13.3. The largest absolute Gasteiger partial charge is 0.449 e. The maximum atomic E-state index is 11.7. The van der Waals surface area contributed by atoms with Gasteiger partial charge in [0.15, 0.2) is 6.61 Å². The van der Waals surface area contributed by atoms with Gasteiger partial charge in [0, 0.05) is 29.2 Å². The summed E-state index contributed by atoms with van der Waals surface area (Å²) >= 11 is 1.40. The molecule has 132 valence electrons. The first-order valence-corrected chi connectivity index (χ1v) is 8.20. The standard InChI is InChI=1S/C17H12N2O6S/c20-17(13-3-5-14(6-4-13)18(21)22)25-11-1-2-12-26-16-9-7-15(8-10-16)19(23)24/h3-10H,11-12H2. The van der Waals surface area contributed by atoms with Gasteiger partial charge in [0.1, 0.15) is 0 Å². The third-order valence-corrected chi connectivity index (χ3v) is 3.97. The van der Waals surface area contributed by atoms with E-state index in [1.165, 1.54) is 48.2 Å². The number of rotatable bonds is 6. The summed E-state index contributed by atoms with van der Waals surface area (Å²) in [5, 5.41) is 21.1. The van der Waals surface area contributed by atoms with E-state index in [2.05, 4.69) is 11.8 Å². The molecule has 0 aliphatic rings. The number of thioether (sulfide) groups is 1. The second kappa shape index (κ2) is 9.19. The van der Waals surface area contributed by atoms with E-state index in [0.29, 0.717) is 5.75 Å². The molecule has 0 saturated heterocycles. The van der Waals surface area contributed by atoms with E-state index in [1.54, 1.807) is 12.1 Å². The van der Waals surface area contributed by atoms with Crippen LogP contribution in [-0.4, -0.2) is 28.2 Å². The number of benzene rings is 2. The highest BCUT2D eigenvalue weighted by Gasteiger charge is 2.09. The highest BCUT2D eigenvalue weighted by Crippen LogP contribution is 2.20. The first-order chi connectivity index (χ1) is 12.5. The number of ether oxygens (including phenoxy) is 1. The predicted molar refractivity (Wildman–Crippen MR) is 95.0 cm³/mol. The molecule has 2 aromatic rings. The molecule has 0 amide bonds. The quantitative estimate of drug-likeness (QED) is 0.251. The number of hydrogen-bond donors (Lipinski definition) is 0. The fraction of sp³-hybridized carbons (Fsp3) is 0.118. The van der Waals surface area contributed by atoms with Crippen molar-refractivity contribution in [1.29, 1.82) is 0 Å². The average molecular weight is 372 g/mol. The van der Waals surface area contributed by atoms with Crippen LogP contribution >= 0.6 is 11.8 Å². The Morgan fingerprint density at radius 2 is 1.46 bits per heavy atom. The van der Waals surface area contributed by atoms with Crippen LogP contribution in [0.4, 0.5) is 11.4 Å². The van der Waals surface area contributed by atoms with Crippen molar-refractivity contribution in [2.24, 2.45) is 0 Å². The van der Waals surface area contributed by atoms with Crippen LogP contribution < -0.4 is 0 Å². The minimum absolute atomic E-state index is 0.0265. The topological polar surface area (TPSA) is 113 Å². The Balaban J connectivity index is 1.75. The van der Waals surface area contributed by atoms with E-state index in [-0.39, 0.29) is 23.5 Å². The van der Waals surface area contributed by atoms with Crippen molar-refractivity contribution in [3.8, 4) is 11.8 Å². The number of hydrogen-bond acceptors (Lipinski definition) is 7. The molecule has 2 aromatic carbocycles. The van der Waals surface area contributed by atoms with E-state index in [1.807, 2.05) is 0 Å². The Morgan fingerprint density at radius 1 is 0.923 bits per heavy atom. The van der Waals surface area contributed by atoms with Gasteiger partial charge >= 0.3 is 5.97 Å². The van der Waals surface area contributed by atoms with Gasteiger partial charge in [0.05, 0.1) is 21.2 Å². The van der Waals surface area contributed by atoms with E-state index in [9.17, 15) is 25.0 Å². The molecule has 0 spiro atoms. The van der Waals surface area contributed by atoms with Crippen LogP contribution in [0.1, 0.15) is 10.4 Å². The molecule has 9 heteroatoms. The van der Waals surface area contributed by atoms with Gasteiger partial charge in [-0.15, -0.1) is 11.8 Å². The SMILES string of the molecule is O=C(OCC#CCSc1ccc([N+](=O)[O-])cc1)c1ccc([N+](=O)[O-])cc1. The summed E-state index contributed by atoms with van der Waals surface area (Å²) in [5.74, 6) is 5.32. The second-order valence-electron chi connectivity index (χ2n) is 4.77. The van der Waals surface area contributed by atoms with Gasteiger partial charge in [-0.05, 0) is 24.3 Å². The van der Waals surface area contributed by atoms with Crippen LogP contribution in [-0.2, 0) is 4.74 Å². The Labute approximate surface area is 152 Å². The summed E-state index contributed by atoms with van der Waals surface area (Å²) in [4.78, 5) is 32.7. The molecule has 26 heavy (non-hydrogen) atoms. The van der Waals surface area contributed by atoms with E-state index >= 15 is 0 Å². The van der Waals surface area contributed by atoms with Crippen molar-refractivity contribution in [3.05, 3.63) is 74.3 Å². The summed E-state index contributed by atoms with van der Waals surface area (Å²) in [5.41, 5.74) is 0.126. The van der Waals surface area contributed by atoms with Crippen molar-refractivity contribution in [3.63, 3.8) is 0 Å². The van der Waals surface area contributed by atoms with E-state index < -0.39 is 15.8 Å². The normalized spacial score (nSPS) is 9.69. The van der Waals surface area contributed by atoms with Crippen molar-refractivity contribution >= 4 is 29.1 Å². The Morgan fingerprint density at radius 3 is 2.00 bits per heavy atom. The number of nitrogens with zero attached hydrogens (tertiary/aromatic N) is 2. The fourth-order valence-corrected chi connectivity index (χ4v) is 2.46. The molecule has 2 rings (SSSR count). The smallest absolute Gasteiger partial charge is 0.339 e. The summed E-state index contributed by atoms with van der Waals surface area (Å²) in [7, 11) is 0. The van der Waals surface area contributed by atoms with Crippen LogP contribution in [0.5, 0.6) is 0 Å². The minimum atomic E-state index is -0.614. The third-order valence-electron chi connectivity index (χ3n) is 3.07. The molecule has 0 saturated carbocycles. The van der Waals surface area contributed by atoms with Crippen molar-refractivity contribution in [2.45, 2.75) is 4.90 Å². The number of non-ortho nitro benzene ring substituents is 2. The molecule has 0 heterocycles. The van der Waals surface area contributed by atoms with Gasteiger partial charge in [0.25, 0.3) is 11.4 Å². The van der Waals surface area contributed by atoms with Crippen molar-refractivity contribution in [1.82, 2.24) is 0 Å². The zero-order valence-corrected chi connectivity index (χ0v) is 14.1.